The number of carbonyl (C=O) groups is 3. The van der Waals surface area contributed by atoms with Gasteiger partial charge in [-0.15, -0.1) is 0 Å². The number of carboxylic acids is 1. The molecule has 0 aliphatic carbocycles. The number of likely N-dealkylation sites (N-methyl/N-ethyl adjacent to an activating group) is 1. The Morgan fingerprint density at radius 1 is 0.500 bits per heavy atom. The van der Waals surface area contributed by atoms with Gasteiger partial charge in [-0.2, -0.15) is 0 Å². The summed E-state index contributed by atoms with van der Waals surface area (Å²) in [6.07, 6.45) is 50.3. The fraction of sp³-hybridized carbons (Fsp3) is 0.792. The van der Waals surface area contributed by atoms with Crippen LogP contribution in [0, 0.1) is 0 Å². The number of ether oxygens (including phenoxy) is 4. The molecule has 0 spiro atoms. The minimum atomic E-state index is -1.62. The molecular weight excluding hydrogens is 779 g/mol. The molecule has 0 aromatic rings. The molecular formula is C53H95NO8. The van der Waals surface area contributed by atoms with E-state index in [1.165, 1.54) is 122 Å². The van der Waals surface area contributed by atoms with Crippen LogP contribution in [0.3, 0.4) is 0 Å². The number of hydrogen-bond donors (Lipinski definition) is 0. The van der Waals surface area contributed by atoms with E-state index in [0.29, 0.717) is 23.9 Å². The number of rotatable bonds is 46. The Bertz CT molecular complexity index is 1160. The third-order valence-corrected chi connectivity index (χ3v) is 10.8. The molecule has 0 aliphatic heterocycles. The number of allylic oxidation sites excluding steroid dienone is 8. The molecule has 0 aromatic carbocycles. The minimum Gasteiger partial charge on any atom is -0.545 e. The highest BCUT2D eigenvalue weighted by Gasteiger charge is 2.22. The van der Waals surface area contributed by atoms with Crippen molar-refractivity contribution in [2.24, 2.45) is 0 Å². The Morgan fingerprint density at radius 2 is 0.919 bits per heavy atom. The van der Waals surface area contributed by atoms with Gasteiger partial charge in [0.1, 0.15) is 13.2 Å². The molecule has 0 heterocycles. The Kier molecular flexibility index (Phi) is 42.9. The topological polar surface area (TPSA) is 111 Å². The van der Waals surface area contributed by atoms with Crippen molar-refractivity contribution in [2.45, 2.75) is 225 Å². The highest BCUT2D eigenvalue weighted by molar-refractivity contribution is 5.70. The summed E-state index contributed by atoms with van der Waals surface area (Å²) >= 11 is 0. The van der Waals surface area contributed by atoms with Gasteiger partial charge in [0.05, 0.1) is 40.3 Å². The normalized spacial score (nSPS) is 13.2. The largest absolute Gasteiger partial charge is 0.545 e. The number of aliphatic carboxylic acids is 1. The van der Waals surface area contributed by atoms with Crippen LogP contribution in [0.2, 0.25) is 0 Å². The SMILES string of the molecule is CC/C=C\C/C=C\C/C=C\C/C=C\CCCCCCCCCCCCCCCCCCC(=O)OC(COC(=O)CCCCCCCCCC)COC(OCC[N+](C)(C)C)C(=O)[O-]. The average Bonchev–Trinajstić information content (AvgIpc) is 3.23. The second-order valence-electron chi connectivity index (χ2n) is 18.1. The van der Waals surface area contributed by atoms with Gasteiger partial charge in [-0.3, -0.25) is 9.59 Å². The van der Waals surface area contributed by atoms with Gasteiger partial charge in [-0.05, 0) is 51.4 Å². The van der Waals surface area contributed by atoms with Crippen LogP contribution in [0.4, 0.5) is 0 Å². The van der Waals surface area contributed by atoms with Crippen LogP contribution in [-0.4, -0.2) is 82.3 Å². The van der Waals surface area contributed by atoms with Crippen LogP contribution >= 0.6 is 0 Å². The Balaban J connectivity index is 4.09. The smallest absolute Gasteiger partial charge is 0.306 e. The summed E-state index contributed by atoms with van der Waals surface area (Å²) in [6, 6.07) is 0. The predicted molar refractivity (Wildman–Crippen MR) is 255 cm³/mol. The van der Waals surface area contributed by atoms with Crippen molar-refractivity contribution in [3.63, 3.8) is 0 Å². The Labute approximate surface area is 381 Å². The van der Waals surface area contributed by atoms with Crippen LogP contribution in [0.1, 0.15) is 213 Å². The van der Waals surface area contributed by atoms with Crippen molar-refractivity contribution in [1.29, 1.82) is 0 Å². The lowest BCUT2D eigenvalue weighted by Crippen LogP contribution is -2.44. The van der Waals surface area contributed by atoms with Crippen LogP contribution in [0.25, 0.3) is 0 Å². The van der Waals surface area contributed by atoms with Crippen LogP contribution < -0.4 is 5.11 Å². The highest BCUT2D eigenvalue weighted by Crippen LogP contribution is 2.16. The van der Waals surface area contributed by atoms with Gasteiger partial charge in [0.25, 0.3) is 0 Å². The van der Waals surface area contributed by atoms with Gasteiger partial charge in [0, 0.05) is 12.8 Å². The standard InChI is InChI=1S/C53H95NO8/c1-6-8-10-12-14-16-17-18-19-20-21-22-23-24-25-26-27-28-29-30-31-32-33-34-35-36-38-40-42-44-51(56)62-49(48-61-53(52(57)58)59-46-45-54(3,4)5)47-60-50(55)43-41-39-37-15-13-11-9-7-2/h8,10,14,16,18-19,21-22,49,53H,6-7,9,11-13,15,17,20,23-48H2,1-5H3/b10-8-,16-14-,19-18-,22-21-. The Hall–Kier alpha value is -2.75. The fourth-order valence-electron chi connectivity index (χ4n) is 6.94. The van der Waals surface area contributed by atoms with Gasteiger partial charge in [-0.25, -0.2) is 0 Å². The molecule has 0 amide bonds. The average molecular weight is 874 g/mol. The summed E-state index contributed by atoms with van der Waals surface area (Å²) in [7, 11) is 5.91. The van der Waals surface area contributed by atoms with Crippen molar-refractivity contribution < 1.29 is 42.9 Å². The summed E-state index contributed by atoms with van der Waals surface area (Å²) in [4.78, 5) is 36.9. The van der Waals surface area contributed by atoms with E-state index in [1.807, 2.05) is 21.1 Å². The number of carboxylic acid groups (broad SMARTS) is 1. The zero-order valence-corrected chi connectivity index (χ0v) is 40.7. The molecule has 0 aromatic heterocycles. The lowest BCUT2D eigenvalue weighted by Gasteiger charge is -2.26. The van der Waals surface area contributed by atoms with E-state index in [4.69, 9.17) is 18.9 Å². The number of esters is 2. The van der Waals surface area contributed by atoms with Crippen molar-refractivity contribution in [1.82, 2.24) is 0 Å². The third-order valence-electron chi connectivity index (χ3n) is 10.8. The van der Waals surface area contributed by atoms with E-state index >= 15 is 0 Å². The first-order chi connectivity index (χ1) is 30.1. The second-order valence-corrected chi connectivity index (χ2v) is 18.1. The molecule has 9 heteroatoms. The number of unbranched alkanes of at least 4 members (excludes halogenated alkanes) is 23. The molecule has 0 saturated heterocycles. The summed E-state index contributed by atoms with van der Waals surface area (Å²) in [6.45, 7) is 4.60. The first-order valence-electron chi connectivity index (χ1n) is 25.3. The molecule has 0 rings (SSSR count). The van der Waals surface area contributed by atoms with E-state index in [9.17, 15) is 19.5 Å². The zero-order chi connectivity index (χ0) is 45.6. The molecule has 0 saturated carbocycles. The minimum absolute atomic E-state index is 0.149. The van der Waals surface area contributed by atoms with E-state index in [1.54, 1.807) is 0 Å². The van der Waals surface area contributed by atoms with Crippen LogP contribution in [0.5, 0.6) is 0 Å². The molecule has 0 radical (unpaired) electrons. The Morgan fingerprint density at radius 3 is 1.37 bits per heavy atom. The van der Waals surface area contributed by atoms with Crippen molar-refractivity contribution >= 4 is 17.9 Å². The maximum absolute atomic E-state index is 12.8. The molecule has 0 N–H and O–H groups in total. The fourth-order valence-corrected chi connectivity index (χ4v) is 6.94. The van der Waals surface area contributed by atoms with Crippen LogP contribution in [-0.2, 0) is 33.3 Å². The summed E-state index contributed by atoms with van der Waals surface area (Å²) in [5.74, 6) is -2.28. The maximum atomic E-state index is 12.8. The number of hydrogen-bond acceptors (Lipinski definition) is 8. The van der Waals surface area contributed by atoms with E-state index in [2.05, 4.69) is 62.5 Å². The molecule has 62 heavy (non-hydrogen) atoms. The number of nitrogens with zero attached hydrogens (tertiary/aromatic N) is 1. The van der Waals surface area contributed by atoms with E-state index in [0.717, 1.165) is 57.8 Å². The van der Waals surface area contributed by atoms with Crippen LogP contribution in [0.15, 0.2) is 48.6 Å². The molecule has 2 unspecified atom stereocenters. The molecule has 2 atom stereocenters. The van der Waals surface area contributed by atoms with E-state index < -0.39 is 24.3 Å². The lowest BCUT2D eigenvalue weighted by molar-refractivity contribution is -0.870. The van der Waals surface area contributed by atoms with Crippen molar-refractivity contribution in [3.8, 4) is 0 Å². The summed E-state index contributed by atoms with van der Waals surface area (Å²) in [5.41, 5.74) is 0. The molecule has 0 fully saturated rings. The van der Waals surface area contributed by atoms with Crippen molar-refractivity contribution in [3.05, 3.63) is 48.6 Å². The monoisotopic (exact) mass is 874 g/mol. The van der Waals surface area contributed by atoms with E-state index in [-0.39, 0.29) is 32.2 Å². The second kappa shape index (κ2) is 44.8. The lowest BCUT2D eigenvalue weighted by atomic mass is 10.0. The first-order valence-corrected chi connectivity index (χ1v) is 25.3. The molecule has 360 valence electrons. The third kappa shape index (κ3) is 45.3. The molecule has 0 aliphatic rings. The van der Waals surface area contributed by atoms with Gasteiger partial charge >= 0.3 is 11.9 Å². The molecule has 0 bridgehead atoms. The van der Waals surface area contributed by atoms with Gasteiger partial charge in [0.15, 0.2) is 12.4 Å². The van der Waals surface area contributed by atoms with Crippen molar-refractivity contribution in [2.75, 3.05) is 47.5 Å². The number of carbonyl (C=O) groups excluding carboxylic acids is 3. The maximum Gasteiger partial charge on any atom is 0.306 e. The summed E-state index contributed by atoms with van der Waals surface area (Å²) < 4.78 is 22.5. The highest BCUT2D eigenvalue weighted by atomic mass is 16.7. The molecule has 9 nitrogen and oxygen atoms in total. The van der Waals surface area contributed by atoms with Gasteiger partial charge in [0.2, 0.25) is 0 Å². The zero-order valence-electron chi connectivity index (χ0n) is 40.7. The van der Waals surface area contributed by atoms with Gasteiger partial charge < -0.3 is 33.3 Å². The predicted octanol–water partition coefficient (Wildman–Crippen LogP) is 12.6. The van der Waals surface area contributed by atoms with Gasteiger partial charge in [-0.1, -0.05) is 197 Å². The summed E-state index contributed by atoms with van der Waals surface area (Å²) in [5, 5.41) is 11.7. The quantitative estimate of drug-likeness (QED) is 0.0195. The number of quaternary nitrogens is 1. The first kappa shape index (κ1) is 59.2.